The lowest BCUT2D eigenvalue weighted by Gasteiger charge is -2.08. The molecule has 1 aromatic heterocycles. The number of unbranched alkanes of at least 4 members (excludes halogenated alkanes) is 1. The summed E-state index contributed by atoms with van der Waals surface area (Å²) in [6.07, 6.45) is 5.05. The van der Waals surface area contributed by atoms with Crippen molar-refractivity contribution < 1.29 is 8.42 Å². The first-order chi connectivity index (χ1) is 15.6. The highest BCUT2D eigenvalue weighted by molar-refractivity contribution is 7.89. The van der Waals surface area contributed by atoms with Gasteiger partial charge in [-0.15, -0.1) is 0 Å². The van der Waals surface area contributed by atoms with E-state index in [0.29, 0.717) is 0 Å². The van der Waals surface area contributed by atoms with E-state index in [1.54, 1.807) is 16.8 Å². The Morgan fingerprint density at radius 2 is 1.53 bits per heavy atom. The van der Waals surface area contributed by atoms with Gasteiger partial charge in [0.25, 0.3) is 0 Å². The molecule has 0 atom stereocenters. The van der Waals surface area contributed by atoms with Crippen molar-refractivity contribution in [1.29, 1.82) is 0 Å². The fraction of sp³-hybridized carbons (Fsp3) is 0.192. The molecule has 0 amide bonds. The van der Waals surface area contributed by atoms with E-state index >= 15 is 0 Å². The van der Waals surface area contributed by atoms with Crippen LogP contribution in [-0.4, -0.2) is 18.2 Å². The Kier molecular flexibility index (Phi) is 6.83. The average Bonchev–Trinajstić information content (AvgIpc) is 3.27. The van der Waals surface area contributed by atoms with Crippen molar-refractivity contribution in [3.63, 3.8) is 0 Å². The number of rotatable bonds is 9. The largest absolute Gasteiger partial charge is 0.240 e. The third kappa shape index (κ3) is 5.15. The summed E-state index contributed by atoms with van der Waals surface area (Å²) in [7, 11) is -3.64. The standard InChI is InChI=1S/C26H27N3O2S/c1-2-3-10-21-15-17-25(18-16-21)32(30,31)27-19-23-20-29(24-13-8-5-9-14-24)28-26(23)22-11-6-4-7-12-22/h4-9,11-18,20,27H,2-3,10,19H2,1H3. The van der Waals surface area contributed by atoms with Gasteiger partial charge in [0.15, 0.2) is 0 Å². The van der Waals surface area contributed by atoms with Crippen LogP contribution in [-0.2, 0) is 23.0 Å². The maximum absolute atomic E-state index is 12.9. The van der Waals surface area contributed by atoms with Crippen molar-refractivity contribution in [3.8, 4) is 16.9 Å². The van der Waals surface area contributed by atoms with Crippen LogP contribution in [0.4, 0.5) is 0 Å². The quantitative estimate of drug-likeness (QED) is 0.377. The molecule has 0 saturated carbocycles. The topological polar surface area (TPSA) is 64.0 Å². The van der Waals surface area contributed by atoms with Gasteiger partial charge in [-0.1, -0.05) is 74.0 Å². The van der Waals surface area contributed by atoms with Gasteiger partial charge in [-0.3, -0.25) is 0 Å². The molecule has 1 N–H and O–H groups in total. The number of sulfonamides is 1. The first-order valence-electron chi connectivity index (χ1n) is 10.8. The Morgan fingerprint density at radius 3 is 2.19 bits per heavy atom. The van der Waals surface area contributed by atoms with E-state index in [4.69, 9.17) is 5.10 Å². The summed E-state index contributed by atoms with van der Waals surface area (Å²) >= 11 is 0. The Balaban J connectivity index is 1.58. The van der Waals surface area contributed by atoms with E-state index in [2.05, 4.69) is 11.6 Å². The van der Waals surface area contributed by atoms with Crippen LogP contribution in [0.2, 0.25) is 0 Å². The normalized spacial score (nSPS) is 11.5. The van der Waals surface area contributed by atoms with Gasteiger partial charge in [0.05, 0.1) is 16.3 Å². The molecule has 0 fully saturated rings. The van der Waals surface area contributed by atoms with Crippen molar-refractivity contribution in [2.75, 3.05) is 0 Å². The minimum Gasteiger partial charge on any atom is -0.240 e. The molecule has 164 valence electrons. The minimum atomic E-state index is -3.64. The van der Waals surface area contributed by atoms with Crippen LogP contribution in [0.15, 0.2) is 96.0 Å². The smallest absolute Gasteiger partial charge is 0.240 e. The molecule has 0 aliphatic heterocycles. The summed E-state index contributed by atoms with van der Waals surface area (Å²) in [6, 6.07) is 26.7. The SMILES string of the molecule is CCCCc1ccc(S(=O)(=O)NCc2cn(-c3ccccc3)nc2-c2ccccc2)cc1. The van der Waals surface area contributed by atoms with Crippen LogP contribution >= 0.6 is 0 Å². The van der Waals surface area contributed by atoms with Crippen LogP contribution in [0.25, 0.3) is 16.9 Å². The fourth-order valence-electron chi connectivity index (χ4n) is 3.56. The van der Waals surface area contributed by atoms with E-state index in [0.717, 1.165) is 47.3 Å². The Hall–Kier alpha value is -3.22. The van der Waals surface area contributed by atoms with Crippen LogP contribution < -0.4 is 4.72 Å². The highest BCUT2D eigenvalue weighted by atomic mass is 32.2. The van der Waals surface area contributed by atoms with Gasteiger partial charge in [0.2, 0.25) is 10.0 Å². The lowest BCUT2D eigenvalue weighted by atomic mass is 10.1. The van der Waals surface area contributed by atoms with E-state index < -0.39 is 10.0 Å². The number of nitrogens with zero attached hydrogens (tertiary/aromatic N) is 2. The average molecular weight is 446 g/mol. The minimum absolute atomic E-state index is 0.150. The summed E-state index contributed by atoms with van der Waals surface area (Å²) in [6.45, 7) is 2.30. The van der Waals surface area contributed by atoms with Crippen molar-refractivity contribution in [2.45, 2.75) is 37.6 Å². The summed E-state index contributed by atoms with van der Waals surface area (Å²) in [5.74, 6) is 0. The van der Waals surface area contributed by atoms with E-state index in [1.165, 1.54) is 0 Å². The monoisotopic (exact) mass is 445 g/mol. The summed E-state index contributed by atoms with van der Waals surface area (Å²) in [5.41, 5.74) is 4.58. The van der Waals surface area contributed by atoms with Crippen molar-refractivity contribution in [3.05, 3.63) is 102 Å². The van der Waals surface area contributed by atoms with Crippen molar-refractivity contribution in [2.24, 2.45) is 0 Å². The van der Waals surface area contributed by atoms with Crippen LogP contribution in [0.3, 0.4) is 0 Å². The summed E-state index contributed by atoms with van der Waals surface area (Å²) < 4.78 is 30.4. The maximum Gasteiger partial charge on any atom is 0.240 e. The molecule has 0 aliphatic rings. The predicted octanol–water partition coefficient (Wildman–Crippen LogP) is 5.36. The number of hydrogen-bond acceptors (Lipinski definition) is 3. The molecule has 5 nitrogen and oxygen atoms in total. The Labute approximate surface area is 189 Å². The first kappa shape index (κ1) is 22.0. The zero-order chi connectivity index (χ0) is 22.4. The lowest BCUT2D eigenvalue weighted by Crippen LogP contribution is -2.23. The summed E-state index contributed by atoms with van der Waals surface area (Å²) in [4.78, 5) is 0.273. The molecule has 1 heterocycles. The molecule has 0 aliphatic carbocycles. The van der Waals surface area contributed by atoms with Gasteiger partial charge in [-0.05, 0) is 42.7 Å². The Bertz CT molecular complexity index is 1250. The molecule has 0 spiro atoms. The van der Waals surface area contributed by atoms with Gasteiger partial charge in [0.1, 0.15) is 0 Å². The maximum atomic E-state index is 12.9. The molecule has 6 heteroatoms. The molecule has 0 unspecified atom stereocenters. The van der Waals surface area contributed by atoms with Crippen molar-refractivity contribution in [1.82, 2.24) is 14.5 Å². The van der Waals surface area contributed by atoms with Gasteiger partial charge in [-0.25, -0.2) is 17.8 Å². The van der Waals surface area contributed by atoms with E-state index in [-0.39, 0.29) is 11.4 Å². The molecule has 3 aromatic carbocycles. The number of nitrogens with one attached hydrogen (secondary N) is 1. The van der Waals surface area contributed by atoms with Gasteiger partial charge < -0.3 is 0 Å². The zero-order valence-electron chi connectivity index (χ0n) is 18.1. The highest BCUT2D eigenvalue weighted by Crippen LogP contribution is 2.24. The number of aromatic nitrogens is 2. The first-order valence-corrected chi connectivity index (χ1v) is 12.3. The van der Waals surface area contributed by atoms with Crippen LogP contribution in [0, 0.1) is 0 Å². The van der Waals surface area contributed by atoms with Gasteiger partial charge in [-0.2, -0.15) is 5.10 Å². The highest BCUT2D eigenvalue weighted by Gasteiger charge is 2.17. The van der Waals surface area contributed by atoms with Crippen molar-refractivity contribution >= 4 is 10.0 Å². The molecule has 0 saturated heterocycles. The molecule has 32 heavy (non-hydrogen) atoms. The lowest BCUT2D eigenvalue weighted by molar-refractivity contribution is 0.581. The van der Waals surface area contributed by atoms with E-state index in [1.807, 2.05) is 79.0 Å². The third-order valence-corrected chi connectivity index (χ3v) is 6.78. The van der Waals surface area contributed by atoms with Crippen LogP contribution in [0.5, 0.6) is 0 Å². The van der Waals surface area contributed by atoms with E-state index in [9.17, 15) is 8.42 Å². The predicted molar refractivity (Wildman–Crippen MR) is 128 cm³/mol. The molecular formula is C26H27N3O2S. The number of benzene rings is 3. The Morgan fingerprint density at radius 1 is 0.875 bits per heavy atom. The summed E-state index contributed by atoms with van der Waals surface area (Å²) in [5, 5.41) is 4.75. The molecule has 4 rings (SSSR count). The van der Waals surface area contributed by atoms with Gasteiger partial charge >= 0.3 is 0 Å². The second kappa shape index (κ2) is 9.94. The second-order valence-corrected chi connectivity index (χ2v) is 9.49. The molecule has 4 aromatic rings. The van der Waals surface area contributed by atoms with Crippen LogP contribution in [0.1, 0.15) is 30.9 Å². The van der Waals surface area contributed by atoms with Gasteiger partial charge in [0, 0.05) is 23.9 Å². The molecule has 0 bridgehead atoms. The second-order valence-electron chi connectivity index (χ2n) is 7.72. The number of para-hydroxylation sites is 1. The molecular weight excluding hydrogens is 418 g/mol. The fourth-order valence-corrected chi connectivity index (χ4v) is 4.57. The third-order valence-electron chi connectivity index (χ3n) is 5.36. The number of aryl methyl sites for hydroxylation is 1. The zero-order valence-corrected chi connectivity index (χ0v) is 18.9. The number of hydrogen-bond donors (Lipinski definition) is 1. The molecule has 0 radical (unpaired) electrons.